The summed E-state index contributed by atoms with van der Waals surface area (Å²) < 4.78 is 0. The Hall–Kier alpha value is -2.47. The summed E-state index contributed by atoms with van der Waals surface area (Å²) >= 11 is 0. The van der Waals surface area contributed by atoms with Crippen LogP contribution in [0.15, 0.2) is 42.7 Å². The number of anilines is 1. The molecular weight excluding hydrogens is 290 g/mol. The number of benzene rings is 1. The molecule has 1 aromatic carbocycles. The van der Waals surface area contributed by atoms with Gasteiger partial charge in [-0.1, -0.05) is 30.3 Å². The van der Waals surface area contributed by atoms with E-state index in [1.165, 1.54) is 6.20 Å². The van der Waals surface area contributed by atoms with Crippen molar-refractivity contribution < 1.29 is 4.79 Å². The Balaban J connectivity index is 1.78. The highest BCUT2D eigenvalue weighted by Gasteiger charge is 2.07. The zero-order chi connectivity index (χ0) is 16.5. The Labute approximate surface area is 137 Å². The molecule has 0 saturated carbocycles. The number of hydrogen-bond donors (Lipinski definition) is 2. The van der Waals surface area contributed by atoms with E-state index in [-0.39, 0.29) is 5.91 Å². The van der Waals surface area contributed by atoms with Crippen molar-refractivity contribution in [2.24, 2.45) is 0 Å². The van der Waals surface area contributed by atoms with Crippen LogP contribution in [0.25, 0.3) is 0 Å². The molecule has 0 atom stereocenters. The second-order valence-electron chi connectivity index (χ2n) is 5.54. The van der Waals surface area contributed by atoms with Crippen molar-refractivity contribution in [1.82, 2.24) is 20.2 Å². The predicted octanol–water partition coefficient (Wildman–Crippen LogP) is 1.77. The minimum Gasteiger partial charge on any atom is -0.365 e. The Bertz CT molecular complexity index is 598. The Morgan fingerprint density at radius 1 is 1.13 bits per heavy atom. The third-order valence-electron chi connectivity index (χ3n) is 3.27. The Morgan fingerprint density at radius 2 is 1.91 bits per heavy atom. The molecule has 1 aromatic heterocycles. The summed E-state index contributed by atoms with van der Waals surface area (Å²) in [5, 5.41) is 6.02. The zero-order valence-electron chi connectivity index (χ0n) is 13.6. The van der Waals surface area contributed by atoms with Crippen molar-refractivity contribution in [3.8, 4) is 0 Å². The van der Waals surface area contributed by atoms with Gasteiger partial charge in [0.25, 0.3) is 5.91 Å². The van der Waals surface area contributed by atoms with E-state index in [0.29, 0.717) is 24.6 Å². The monoisotopic (exact) mass is 313 g/mol. The van der Waals surface area contributed by atoms with Crippen molar-refractivity contribution in [1.29, 1.82) is 0 Å². The molecule has 2 aromatic rings. The molecule has 6 heteroatoms. The van der Waals surface area contributed by atoms with Gasteiger partial charge in [-0.3, -0.25) is 4.79 Å². The van der Waals surface area contributed by atoms with Crippen LogP contribution in [0.4, 0.5) is 5.82 Å². The average molecular weight is 313 g/mol. The third-order valence-corrected chi connectivity index (χ3v) is 3.27. The van der Waals surface area contributed by atoms with Crippen LogP contribution in [-0.4, -0.2) is 48.0 Å². The Morgan fingerprint density at radius 3 is 2.57 bits per heavy atom. The van der Waals surface area contributed by atoms with Gasteiger partial charge in [-0.2, -0.15) is 0 Å². The van der Waals surface area contributed by atoms with Gasteiger partial charge in [0.2, 0.25) is 0 Å². The Kier molecular flexibility index (Phi) is 6.50. The second kappa shape index (κ2) is 8.85. The van der Waals surface area contributed by atoms with E-state index < -0.39 is 0 Å². The number of nitrogens with one attached hydrogen (secondary N) is 2. The van der Waals surface area contributed by atoms with Gasteiger partial charge in [0, 0.05) is 13.1 Å². The maximum Gasteiger partial charge on any atom is 0.271 e. The van der Waals surface area contributed by atoms with Gasteiger partial charge < -0.3 is 15.5 Å². The molecule has 0 unspecified atom stereocenters. The lowest BCUT2D eigenvalue weighted by Gasteiger charge is -2.10. The fourth-order valence-electron chi connectivity index (χ4n) is 2.01. The molecule has 0 spiro atoms. The smallest absolute Gasteiger partial charge is 0.271 e. The summed E-state index contributed by atoms with van der Waals surface area (Å²) in [4.78, 5) is 22.4. The lowest BCUT2D eigenvalue weighted by atomic mass is 10.2. The molecule has 6 nitrogen and oxygen atoms in total. The van der Waals surface area contributed by atoms with Gasteiger partial charge in [-0.05, 0) is 32.6 Å². The van der Waals surface area contributed by atoms with Gasteiger partial charge in [-0.25, -0.2) is 9.97 Å². The maximum absolute atomic E-state index is 11.9. The molecule has 0 fully saturated rings. The van der Waals surface area contributed by atoms with E-state index in [2.05, 4.69) is 25.5 Å². The van der Waals surface area contributed by atoms with Gasteiger partial charge in [0.15, 0.2) is 0 Å². The van der Waals surface area contributed by atoms with Gasteiger partial charge in [0.1, 0.15) is 11.5 Å². The van der Waals surface area contributed by atoms with E-state index in [4.69, 9.17) is 0 Å². The predicted molar refractivity (Wildman–Crippen MR) is 91.3 cm³/mol. The molecule has 0 aliphatic rings. The topological polar surface area (TPSA) is 70.2 Å². The summed E-state index contributed by atoms with van der Waals surface area (Å²) in [5.74, 6) is 0.462. The summed E-state index contributed by atoms with van der Waals surface area (Å²) in [7, 11) is 4.02. The highest BCUT2D eigenvalue weighted by Crippen LogP contribution is 2.05. The van der Waals surface area contributed by atoms with Crippen LogP contribution in [0, 0.1) is 0 Å². The first-order chi connectivity index (χ1) is 11.1. The second-order valence-corrected chi connectivity index (χ2v) is 5.54. The first kappa shape index (κ1) is 16.9. The minimum absolute atomic E-state index is 0.189. The van der Waals surface area contributed by atoms with Crippen molar-refractivity contribution in [2.45, 2.75) is 13.0 Å². The van der Waals surface area contributed by atoms with Crippen molar-refractivity contribution >= 4 is 11.7 Å². The fraction of sp³-hybridized carbons (Fsp3) is 0.353. The van der Waals surface area contributed by atoms with Gasteiger partial charge >= 0.3 is 0 Å². The third kappa shape index (κ3) is 6.04. The molecule has 0 aliphatic carbocycles. The first-order valence-electron chi connectivity index (χ1n) is 7.68. The number of carbonyl (C=O) groups is 1. The van der Waals surface area contributed by atoms with Gasteiger partial charge in [-0.15, -0.1) is 0 Å². The SMILES string of the molecule is CN(C)CCCNC(=O)c1cnc(NCc2ccccc2)cn1. The molecule has 0 aliphatic heterocycles. The van der Waals surface area contributed by atoms with E-state index >= 15 is 0 Å². The van der Waals surface area contributed by atoms with Crippen LogP contribution in [0.2, 0.25) is 0 Å². The molecule has 2 N–H and O–H groups in total. The van der Waals surface area contributed by atoms with E-state index in [1.807, 2.05) is 44.4 Å². The summed E-state index contributed by atoms with van der Waals surface area (Å²) in [6.07, 6.45) is 3.98. The van der Waals surface area contributed by atoms with Crippen molar-refractivity contribution in [3.63, 3.8) is 0 Å². The molecule has 0 bridgehead atoms. The number of hydrogen-bond acceptors (Lipinski definition) is 5. The van der Waals surface area contributed by atoms with Crippen molar-refractivity contribution in [2.75, 3.05) is 32.5 Å². The van der Waals surface area contributed by atoms with Crippen LogP contribution < -0.4 is 10.6 Å². The standard InChI is InChI=1S/C17H23N5O/c1-22(2)10-6-9-18-17(23)15-12-21-16(13-19-15)20-11-14-7-4-3-5-8-14/h3-5,7-8,12-13H,6,9-11H2,1-2H3,(H,18,23)(H,20,21). The lowest BCUT2D eigenvalue weighted by molar-refractivity contribution is 0.0947. The molecule has 1 amide bonds. The summed E-state index contributed by atoms with van der Waals surface area (Å²) in [6, 6.07) is 10.0. The minimum atomic E-state index is -0.189. The summed E-state index contributed by atoms with van der Waals surface area (Å²) in [5.41, 5.74) is 1.50. The zero-order valence-corrected chi connectivity index (χ0v) is 13.6. The fourth-order valence-corrected chi connectivity index (χ4v) is 2.01. The van der Waals surface area contributed by atoms with Crippen molar-refractivity contribution in [3.05, 3.63) is 54.0 Å². The summed E-state index contributed by atoms with van der Waals surface area (Å²) in [6.45, 7) is 2.24. The van der Waals surface area contributed by atoms with Crippen LogP contribution in [0.5, 0.6) is 0 Å². The number of amides is 1. The molecule has 122 valence electrons. The molecule has 23 heavy (non-hydrogen) atoms. The molecule has 2 rings (SSSR count). The lowest BCUT2D eigenvalue weighted by Crippen LogP contribution is -2.27. The maximum atomic E-state index is 11.9. The molecule has 1 heterocycles. The van der Waals surface area contributed by atoms with Crippen LogP contribution in [0.1, 0.15) is 22.5 Å². The number of nitrogens with zero attached hydrogens (tertiary/aromatic N) is 3. The highest BCUT2D eigenvalue weighted by atomic mass is 16.1. The van der Waals surface area contributed by atoms with Gasteiger partial charge in [0.05, 0.1) is 12.4 Å². The molecular formula is C17H23N5O. The van der Waals surface area contributed by atoms with E-state index in [0.717, 1.165) is 18.5 Å². The van der Waals surface area contributed by atoms with Crippen LogP contribution >= 0.6 is 0 Å². The number of rotatable bonds is 8. The average Bonchev–Trinajstić information content (AvgIpc) is 2.58. The largest absolute Gasteiger partial charge is 0.365 e. The first-order valence-corrected chi connectivity index (χ1v) is 7.68. The van der Waals surface area contributed by atoms with Crippen LogP contribution in [-0.2, 0) is 6.54 Å². The number of carbonyl (C=O) groups excluding carboxylic acids is 1. The van der Waals surface area contributed by atoms with E-state index in [9.17, 15) is 4.79 Å². The van der Waals surface area contributed by atoms with Crippen LogP contribution in [0.3, 0.4) is 0 Å². The quantitative estimate of drug-likeness (QED) is 0.727. The number of aromatic nitrogens is 2. The normalized spacial score (nSPS) is 10.6. The highest BCUT2D eigenvalue weighted by molar-refractivity contribution is 5.91. The van der Waals surface area contributed by atoms with E-state index in [1.54, 1.807) is 6.20 Å². The molecule has 0 saturated heterocycles. The molecule has 0 radical (unpaired) electrons.